The van der Waals surface area contributed by atoms with E-state index < -0.39 is 0 Å². The molecule has 34 heavy (non-hydrogen) atoms. The predicted molar refractivity (Wildman–Crippen MR) is 137 cm³/mol. The molecule has 0 bridgehead atoms. The van der Waals surface area contributed by atoms with Crippen LogP contribution in [0.15, 0.2) is 42.6 Å². The van der Waals surface area contributed by atoms with Gasteiger partial charge in [0, 0.05) is 57.3 Å². The third-order valence-corrected chi connectivity index (χ3v) is 8.31. The molecule has 1 atom stereocenters. The summed E-state index contributed by atoms with van der Waals surface area (Å²) in [5.41, 5.74) is 4.80. The van der Waals surface area contributed by atoms with Crippen molar-refractivity contribution in [2.45, 2.75) is 44.6 Å². The van der Waals surface area contributed by atoms with Crippen LogP contribution < -0.4 is 10.6 Å². The molecule has 1 saturated carbocycles. The topological polar surface area (TPSA) is 84.0 Å². The number of carbonyl (C=O) groups excluding carboxylic acids is 2. The van der Waals surface area contributed by atoms with E-state index in [0.717, 1.165) is 80.5 Å². The number of aldehydes is 1. The number of nitrogens with one attached hydrogen (secondary N) is 2. The number of hydrogen-bond donors (Lipinski definition) is 2. The van der Waals surface area contributed by atoms with Crippen LogP contribution in [-0.2, 0) is 4.79 Å². The van der Waals surface area contributed by atoms with E-state index in [-0.39, 0.29) is 17.9 Å². The van der Waals surface area contributed by atoms with Crippen molar-refractivity contribution in [1.29, 1.82) is 0 Å². The molecule has 3 aromatic heterocycles. The van der Waals surface area contributed by atoms with Crippen molar-refractivity contribution in [3.8, 4) is 11.3 Å². The van der Waals surface area contributed by atoms with E-state index in [1.165, 1.54) is 11.3 Å². The quantitative estimate of drug-likeness (QED) is 0.385. The highest BCUT2D eigenvalue weighted by molar-refractivity contribution is 7.21. The molecule has 0 saturated heterocycles. The Bertz CT molecular complexity index is 1400. The lowest BCUT2D eigenvalue weighted by Crippen LogP contribution is -2.34. The van der Waals surface area contributed by atoms with E-state index >= 15 is 0 Å². The van der Waals surface area contributed by atoms with Gasteiger partial charge in [0.2, 0.25) is 0 Å². The summed E-state index contributed by atoms with van der Waals surface area (Å²) in [5, 5.41) is 8.64. The Kier molecular flexibility index (Phi) is 5.29. The second-order valence-electron chi connectivity index (χ2n) is 9.48. The van der Waals surface area contributed by atoms with Crippen molar-refractivity contribution in [2.24, 2.45) is 5.92 Å². The van der Waals surface area contributed by atoms with Gasteiger partial charge in [-0.05, 0) is 69.0 Å². The van der Waals surface area contributed by atoms with Crippen LogP contribution in [0.25, 0.3) is 32.2 Å². The lowest BCUT2D eigenvalue weighted by atomic mass is 9.81. The summed E-state index contributed by atoms with van der Waals surface area (Å²) in [7, 11) is 0. The number of amides is 1. The second-order valence-corrected chi connectivity index (χ2v) is 10.5. The number of pyridine rings is 2. The van der Waals surface area contributed by atoms with Crippen molar-refractivity contribution in [2.75, 3.05) is 11.9 Å². The molecule has 0 unspecified atom stereocenters. The van der Waals surface area contributed by atoms with Gasteiger partial charge in [-0.15, -0.1) is 11.3 Å². The lowest BCUT2D eigenvalue weighted by Gasteiger charge is -2.24. The van der Waals surface area contributed by atoms with Crippen molar-refractivity contribution >= 4 is 50.2 Å². The van der Waals surface area contributed by atoms with E-state index in [1.54, 1.807) is 0 Å². The molecule has 4 aromatic rings. The minimum absolute atomic E-state index is 0.0164. The van der Waals surface area contributed by atoms with E-state index in [0.29, 0.717) is 12.5 Å². The van der Waals surface area contributed by atoms with Crippen LogP contribution >= 0.6 is 11.3 Å². The van der Waals surface area contributed by atoms with Gasteiger partial charge in [0.25, 0.3) is 5.91 Å². The van der Waals surface area contributed by atoms with Crippen LogP contribution in [0.5, 0.6) is 0 Å². The normalized spacial score (nSPS) is 22.6. The van der Waals surface area contributed by atoms with Crippen molar-refractivity contribution < 1.29 is 9.59 Å². The average Bonchev–Trinajstić information content (AvgIpc) is 3.20. The van der Waals surface area contributed by atoms with Gasteiger partial charge >= 0.3 is 0 Å². The van der Waals surface area contributed by atoms with Gasteiger partial charge in [-0.2, -0.15) is 0 Å². The fourth-order valence-electron chi connectivity index (χ4n) is 5.24. The second kappa shape index (κ2) is 8.47. The van der Waals surface area contributed by atoms with Crippen LogP contribution in [0, 0.1) is 5.92 Å². The zero-order valence-corrected chi connectivity index (χ0v) is 19.8. The first-order valence-corrected chi connectivity index (χ1v) is 12.7. The summed E-state index contributed by atoms with van der Waals surface area (Å²) < 4.78 is 1.08. The zero-order chi connectivity index (χ0) is 23.2. The summed E-state index contributed by atoms with van der Waals surface area (Å²) in [6.07, 6.45) is 6.98. The van der Waals surface area contributed by atoms with Gasteiger partial charge in [0.15, 0.2) is 0 Å². The molecule has 6 rings (SSSR count). The molecule has 1 fully saturated rings. The Balaban J connectivity index is 1.33. The first-order chi connectivity index (χ1) is 16.6. The summed E-state index contributed by atoms with van der Waals surface area (Å²) in [6, 6.07) is 12.5. The first kappa shape index (κ1) is 21.2. The van der Waals surface area contributed by atoms with Gasteiger partial charge < -0.3 is 15.4 Å². The standard InChI is InChI=1S/C27H26N4O2S/c1-15-12-29-25-24-19-7-9-21(31-22(19)10-11-23(24)34-26(25)27(33)30-15)18-6-8-20(28-13-18)17-4-2-16(14-32)3-5-17/h6-11,13-17,29H,2-5,12H2,1H3,(H,30,33)/t15-,16-,17-/m1/s1. The zero-order valence-electron chi connectivity index (χ0n) is 19.0. The fourth-order valence-corrected chi connectivity index (χ4v) is 6.33. The van der Waals surface area contributed by atoms with E-state index in [9.17, 15) is 9.59 Å². The molecule has 4 heterocycles. The Hall–Kier alpha value is -3.32. The smallest absolute Gasteiger partial charge is 0.263 e. The summed E-state index contributed by atoms with van der Waals surface area (Å²) >= 11 is 1.52. The molecule has 1 amide bonds. The highest BCUT2D eigenvalue weighted by Crippen LogP contribution is 2.41. The first-order valence-electron chi connectivity index (χ1n) is 11.9. The molecule has 1 aromatic carbocycles. The number of thiophene rings is 1. The van der Waals surface area contributed by atoms with Gasteiger partial charge in [0.05, 0.1) is 16.9 Å². The van der Waals surface area contributed by atoms with Crippen LogP contribution in [0.4, 0.5) is 5.69 Å². The van der Waals surface area contributed by atoms with E-state index in [4.69, 9.17) is 9.97 Å². The molecule has 6 nitrogen and oxygen atoms in total. The van der Waals surface area contributed by atoms with Gasteiger partial charge in [-0.1, -0.05) is 0 Å². The lowest BCUT2D eigenvalue weighted by molar-refractivity contribution is -0.111. The highest BCUT2D eigenvalue weighted by Gasteiger charge is 2.25. The van der Waals surface area contributed by atoms with E-state index in [1.807, 2.05) is 25.3 Å². The Morgan fingerprint density at radius 2 is 1.91 bits per heavy atom. The maximum absolute atomic E-state index is 12.7. The maximum atomic E-state index is 12.7. The Labute approximate surface area is 201 Å². The molecule has 2 N–H and O–H groups in total. The van der Waals surface area contributed by atoms with Crippen LogP contribution in [0.1, 0.15) is 53.9 Å². The molecule has 1 aliphatic carbocycles. The Morgan fingerprint density at radius 3 is 2.68 bits per heavy atom. The third-order valence-electron chi connectivity index (χ3n) is 7.16. The average molecular weight is 471 g/mol. The van der Waals surface area contributed by atoms with Crippen LogP contribution in [0.3, 0.4) is 0 Å². The fraction of sp³-hybridized carbons (Fsp3) is 0.333. The van der Waals surface area contributed by atoms with Gasteiger partial charge in [-0.3, -0.25) is 9.78 Å². The monoisotopic (exact) mass is 470 g/mol. The molecule has 0 radical (unpaired) electrons. The minimum atomic E-state index is -0.0164. The summed E-state index contributed by atoms with van der Waals surface area (Å²) in [5.74, 6) is 0.636. The van der Waals surface area contributed by atoms with Crippen molar-refractivity contribution in [3.63, 3.8) is 0 Å². The number of benzene rings is 1. The van der Waals surface area contributed by atoms with Gasteiger partial charge in [-0.25, -0.2) is 4.98 Å². The minimum Gasteiger partial charge on any atom is -0.381 e. The number of carbonyl (C=O) groups is 2. The molecule has 7 heteroatoms. The summed E-state index contributed by atoms with van der Waals surface area (Å²) in [4.78, 5) is 34.1. The largest absolute Gasteiger partial charge is 0.381 e. The number of anilines is 1. The molecular weight excluding hydrogens is 444 g/mol. The molecular formula is C27H26N4O2S. The predicted octanol–water partition coefficient (Wildman–Crippen LogP) is 5.53. The number of rotatable bonds is 3. The molecule has 2 aliphatic rings. The van der Waals surface area contributed by atoms with Gasteiger partial charge in [0.1, 0.15) is 11.2 Å². The molecule has 172 valence electrons. The third kappa shape index (κ3) is 3.64. The molecule has 0 spiro atoms. The number of hydrogen-bond acceptors (Lipinski definition) is 6. The highest BCUT2D eigenvalue weighted by atomic mass is 32.1. The Morgan fingerprint density at radius 1 is 1.06 bits per heavy atom. The summed E-state index contributed by atoms with van der Waals surface area (Å²) in [6.45, 7) is 2.70. The number of aromatic nitrogens is 2. The van der Waals surface area contributed by atoms with Crippen molar-refractivity contribution in [1.82, 2.24) is 15.3 Å². The molecule has 1 aliphatic heterocycles. The maximum Gasteiger partial charge on any atom is 0.263 e. The number of fused-ring (bicyclic) bond motifs is 5. The van der Waals surface area contributed by atoms with E-state index in [2.05, 4.69) is 34.9 Å². The van der Waals surface area contributed by atoms with Crippen molar-refractivity contribution in [3.05, 3.63) is 53.2 Å². The SMILES string of the molecule is C[C@@H]1CNc2c(sc3ccc4nc(-c5ccc([C@H]6CC[C@H](C=O)CC6)nc5)ccc4c23)C(=O)N1. The van der Waals surface area contributed by atoms with Crippen LogP contribution in [0.2, 0.25) is 0 Å². The number of nitrogens with zero attached hydrogens (tertiary/aromatic N) is 2. The van der Waals surface area contributed by atoms with Crippen LogP contribution in [-0.4, -0.2) is 34.7 Å².